The minimum Gasteiger partial charge on any atom is -0.508 e. The number of phenols is 1. The first kappa shape index (κ1) is 13.2. The van der Waals surface area contributed by atoms with Crippen molar-refractivity contribution in [2.24, 2.45) is 0 Å². The number of halogens is 3. The molecule has 0 unspecified atom stereocenters. The van der Waals surface area contributed by atoms with Crippen LogP contribution < -0.4 is 4.72 Å². The lowest BCUT2D eigenvalue weighted by atomic mass is 10.2. The summed E-state index contributed by atoms with van der Waals surface area (Å²) < 4.78 is 63.8. The Balaban J connectivity index is 2.49. The monoisotopic (exact) mass is 281 g/mol. The number of aromatic hydroxyl groups is 1. The Morgan fingerprint density at radius 1 is 1.28 bits per heavy atom. The fourth-order valence-corrected chi connectivity index (χ4v) is 2.97. The van der Waals surface area contributed by atoms with Gasteiger partial charge < -0.3 is 5.11 Å². The molecule has 0 heterocycles. The van der Waals surface area contributed by atoms with Crippen molar-refractivity contribution < 1.29 is 26.7 Å². The van der Waals surface area contributed by atoms with Crippen molar-refractivity contribution in [3.63, 3.8) is 0 Å². The molecular weight excluding hydrogens is 271 g/mol. The van der Waals surface area contributed by atoms with Crippen molar-refractivity contribution in [1.29, 1.82) is 0 Å². The molecule has 0 amide bonds. The van der Waals surface area contributed by atoms with Gasteiger partial charge in [-0.15, -0.1) is 0 Å². The summed E-state index contributed by atoms with van der Waals surface area (Å²) in [6.07, 6.45) is -3.59. The second-order valence-electron chi connectivity index (χ2n) is 4.07. The van der Waals surface area contributed by atoms with Crippen molar-refractivity contribution >= 4 is 10.0 Å². The summed E-state index contributed by atoms with van der Waals surface area (Å²) >= 11 is 0. The van der Waals surface area contributed by atoms with Crippen molar-refractivity contribution in [1.82, 2.24) is 4.72 Å². The molecule has 1 aliphatic rings. The van der Waals surface area contributed by atoms with Gasteiger partial charge in [-0.25, -0.2) is 13.1 Å². The number of rotatable bonds is 3. The van der Waals surface area contributed by atoms with E-state index in [0.717, 1.165) is 12.1 Å². The van der Waals surface area contributed by atoms with Crippen molar-refractivity contribution in [3.05, 3.63) is 23.8 Å². The molecular formula is C10H10F3NO3S. The molecule has 2 N–H and O–H groups in total. The van der Waals surface area contributed by atoms with Crippen LogP contribution in [0, 0.1) is 0 Å². The molecule has 18 heavy (non-hydrogen) atoms. The van der Waals surface area contributed by atoms with E-state index in [1.165, 1.54) is 0 Å². The number of hydrogen-bond acceptors (Lipinski definition) is 3. The maximum atomic E-state index is 12.7. The molecule has 1 aromatic carbocycles. The SMILES string of the molecule is O=S(=O)(NC1CC1)c1ccc(O)cc1C(F)(F)F. The zero-order valence-electron chi connectivity index (χ0n) is 9.03. The van der Waals surface area contributed by atoms with E-state index in [2.05, 4.69) is 4.72 Å². The highest BCUT2D eigenvalue weighted by Crippen LogP contribution is 2.36. The molecule has 1 aromatic rings. The van der Waals surface area contributed by atoms with Gasteiger partial charge in [0.2, 0.25) is 10.0 Å². The van der Waals surface area contributed by atoms with Crippen LogP contribution in [0.15, 0.2) is 23.1 Å². The van der Waals surface area contributed by atoms with Gasteiger partial charge in [-0.2, -0.15) is 13.2 Å². The average Bonchev–Trinajstić information content (AvgIpc) is 2.99. The van der Waals surface area contributed by atoms with E-state index in [1.54, 1.807) is 0 Å². The summed E-state index contributed by atoms with van der Waals surface area (Å²) in [4.78, 5) is -0.861. The van der Waals surface area contributed by atoms with Crippen molar-refractivity contribution in [3.8, 4) is 5.75 Å². The quantitative estimate of drug-likeness (QED) is 0.888. The largest absolute Gasteiger partial charge is 0.508 e. The van der Waals surface area contributed by atoms with E-state index < -0.39 is 32.4 Å². The topological polar surface area (TPSA) is 66.4 Å². The lowest BCUT2D eigenvalue weighted by Gasteiger charge is -2.13. The minimum absolute atomic E-state index is 0.287. The lowest BCUT2D eigenvalue weighted by Crippen LogP contribution is -2.28. The number of alkyl halides is 3. The van der Waals surface area contributed by atoms with Gasteiger partial charge in [0.05, 0.1) is 10.5 Å². The van der Waals surface area contributed by atoms with Crippen molar-refractivity contribution in [2.75, 3.05) is 0 Å². The van der Waals surface area contributed by atoms with E-state index in [-0.39, 0.29) is 6.04 Å². The third-order valence-corrected chi connectivity index (χ3v) is 4.04. The van der Waals surface area contributed by atoms with Crippen LogP contribution in [0.1, 0.15) is 18.4 Å². The maximum absolute atomic E-state index is 12.7. The van der Waals surface area contributed by atoms with Gasteiger partial charge >= 0.3 is 6.18 Å². The standard InChI is InChI=1S/C10H10F3NO3S/c11-10(12,13)8-5-7(15)3-4-9(8)18(16,17)14-6-1-2-6/h3-6,14-15H,1-2H2. The molecule has 100 valence electrons. The summed E-state index contributed by atoms with van der Waals surface area (Å²) in [6.45, 7) is 0. The summed E-state index contributed by atoms with van der Waals surface area (Å²) in [7, 11) is -4.21. The van der Waals surface area contributed by atoms with Gasteiger partial charge in [0.15, 0.2) is 0 Å². The third kappa shape index (κ3) is 2.75. The molecule has 2 rings (SSSR count). The van der Waals surface area contributed by atoms with Crippen LogP contribution in [-0.4, -0.2) is 19.6 Å². The van der Waals surface area contributed by atoms with Crippen LogP contribution in [0.4, 0.5) is 13.2 Å². The number of benzene rings is 1. The van der Waals surface area contributed by atoms with E-state index in [4.69, 9.17) is 5.11 Å². The second kappa shape index (κ2) is 4.13. The molecule has 0 spiro atoms. The van der Waals surface area contributed by atoms with Gasteiger partial charge in [-0.3, -0.25) is 0 Å². The third-order valence-electron chi connectivity index (χ3n) is 2.46. The molecule has 1 saturated carbocycles. The second-order valence-corrected chi connectivity index (χ2v) is 5.76. The Morgan fingerprint density at radius 3 is 2.39 bits per heavy atom. The Morgan fingerprint density at radius 2 is 1.89 bits per heavy atom. The zero-order chi connectivity index (χ0) is 13.6. The maximum Gasteiger partial charge on any atom is 0.417 e. The van der Waals surface area contributed by atoms with Crippen LogP contribution in [0.3, 0.4) is 0 Å². The highest BCUT2D eigenvalue weighted by atomic mass is 32.2. The van der Waals surface area contributed by atoms with Crippen LogP contribution >= 0.6 is 0 Å². The van der Waals surface area contributed by atoms with E-state index in [9.17, 15) is 21.6 Å². The van der Waals surface area contributed by atoms with Gasteiger partial charge in [0.1, 0.15) is 5.75 Å². The molecule has 0 aromatic heterocycles. The van der Waals surface area contributed by atoms with Crippen LogP contribution in [0.2, 0.25) is 0 Å². The Hall–Kier alpha value is -1.28. The molecule has 0 radical (unpaired) electrons. The number of hydrogen-bond donors (Lipinski definition) is 2. The number of sulfonamides is 1. The molecule has 0 bridgehead atoms. The van der Waals surface area contributed by atoms with Crippen LogP contribution in [-0.2, 0) is 16.2 Å². The molecule has 1 aliphatic carbocycles. The summed E-state index contributed by atoms with van der Waals surface area (Å²) in [5.41, 5.74) is -1.37. The average molecular weight is 281 g/mol. The van der Waals surface area contributed by atoms with Gasteiger partial charge in [-0.05, 0) is 31.0 Å². The molecule has 4 nitrogen and oxygen atoms in total. The number of phenolic OH excluding ortho intramolecular Hbond substituents is 1. The first-order valence-electron chi connectivity index (χ1n) is 5.13. The van der Waals surface area contributed by atoms with E-state index >= 15 is 0 Å². The van der Waals surface area contributed by atoms with Crippen molar-refractivity contribution in [2.45, 2.75) is 30.0 Å². The van der Waals surface area contributed by atoms with E-state index in [1.807, 2.05) is 0 Å². The normalized spacial score (nSPS) is 16.8. The molecule has 8 heteroatoms. The predicted molar refractivity (Wildman–Crippen MR) is 56.5 cm³/mol. The molecule has 0 atom stereocenters. The minimum atomic E-state index is -4.84. The summed E-state index contributed by atoms with van der Waals surface area (Å²) in [5, 5.41) is 9.05. The van der Waals surface area contributed by atoms with Gasteiger partial charge in [0, 0.05) is 6.04 Å². The molecule has 1 fully saturated rings. The summed E-state index contributed by atoms with van der Waals surface area (Å²) in [6, 6.07) is 1.78. The fraction of sp³-hybridized carbons (Fsp3) is 0.400. The molecule has 0 saturated heterocycles. The van der Waals surface area contributed by atoms with Gasteiger partial charge in [0.25, 0.3) is 0 Å². The Labute approximate surface area is 101 Å². The fourth-order valence-electron chi connectivity index (χ4n) is 1.46. The number of nitrogens with one attached hydrogen (secondary N) is 1. The first-order chi connectivity index (χ1) is 8.20. The highest BCUT2D eigenvalue weighted by molar-refractivity contribution is 7.89. The van der Waals surface area contributed by atoms with E-state index in [0.29, 0.717) is 18.9 Å². The highest BCUT2D eigenvalue weighted by Gasteiger charge is 2.39. The van der Waals surface area contributed by atoms with Crippen LogP contribution in [0.25, 0.3) is 0 Å². The smallest absolute Gasteiger partial charge is 0.417 e. The van der Waals surface area contributed by atoms with Gasteiger partial charge in [-0.1, -0.05) is 0 Å². The lowest BCUT2D eigenvalue weighted by molar-refractivity contribution is -0.140. The first-order valence-corrected chi connectivity index (χ1v) is 6.61. The van der Waals surface area contributed by atoms with Crippen LogP contribution in [0.5, 0.6) is 5.75 Å². The molecule has 0 aliphatic heterocycles. The Kier molecular flexibility index (Phi) is 3.02. The summed E-state index contributed by atoms with van der Waals surface area (Å²) in [5.74, 6) is -0.632. The predicted octanol–water partition coefficient (Wildman–Crippen LogP) is 1.85. The Bertz CT molecular complexity index is 564. The zero-order valence-corrected chi connectivity index (χ0v) is 9.85.